The van der Waals surface area contributed by atoms with Gasteiger partial charge in [0, 0.05) is 13.1 Å². The van der Waals surface area contributed by atoms with Crippen molar-refractivity contribution in [2.45, 2.75) is 13.1 Å². The van der Waals surface area contributed by atoms with Crippen LogP contribution in [0.15, 0.2) is 30.3 Å². The van der Waals surface area contributed by atoms with Crippen molar-refractivity contribution in [3.05, 3.63) is 47.3 Å². The lowest BCUT2D eigenvalue weighted by molar-refractivity contribution is -0.136. The van der Waals surface area contributed by atoms with Gasteiger partial charge >= 0.3 is 12.1 Å². The van der Waals surface area contributed by atoms with Crippen molar-refractivity contribution >= 4 is 17.6 Å². The molecule has 2 rings (SSSR count). The summed E-state index contributed by atoms with van der Waals surface area (Å²) in [5, 5.41) is 5.98. The molecule has 0 fully saturated rings. The molecule has 0 bridgehead atoms. The normalized spacial score (nSPS) is 11.2. The number of anilines is 1. The molecule has 2 aromatic rings. The SMILES string of the molecule is CCOC(=O)c1cc(C(=O)Nc2ccccc2C(F)(F)F)nn1C. The molecule has 128 valence electrons. The molecule has 1 aromatic heterocycles. The van der Waals surface area contributed by atoms with Gasteiger partial charge in [-0.2, -0.15) is 18.3 Å². The lowest BCUT2D eigenvalue weighted by atomic mass is 10.1. The van der Waals surface area contributed by atoms with Gasteiger partial charge in [-0.05, 0) is 19.1 Å². The van der Waals surface area contributed by atoms with Crippen LogP contribution in [0.4, 0.5) is 18.9 Å². The molecule has 1 amide bonds. The van der Waals surface area contributed by atoms with E-state index in [4.69, 9.17) is 4.74 Å². The minimum Gasteiger partial charge on any atom is -0.461 e. The lowest BCUT2D eigenvalue weighted by Gasteiger charge is -2.12. The standard InChI is InChI=1S/C15H14F3N3O3/c1-3-24-14(23)12-8-11(20-21(12)2)13(22)19-10-7-5-4-6-9(10)15(16,17)18/h4-8H,3H2,1-2H3,(H,19,22). The van der Waals surface area contributed by atoms with E-state index < -0.39 is 29.3 Å². The van der Waals surface area contributed by atoms with Crippen LogP contribution >= 0.6 is 0 Å². The minimum atomic E-state index is -4.61. The fraction of sp³-hybridized carbons (Fsp3) is 0.267. The average molecular weight is 341 g/mol. The largest absolute Gasteiger partial charge is 0.461 e. The Morgan fingerprint density at radius 3 is 2.58 bits per heavy atom. The van der Waals surface area contributed by atoms with E-state index in [1.54, 1.807) is 6.92 Å². The molecule has 0 unspecified atom stereocenters. The Balaban J connectivity index is 2.26. The molecule has 0 spiro atoms. The number of carbonyl (C=O) groups excluding carboxylic acids is 2. The molecule has 1 N–H and O–H groups in total. The maximum absolute atomic E-state index is 12.9. The van der Waals surface area contributed by atoms with Crippen LogP contribution in [0.25, 0.3) is 0 Å². The number of amides is 1. The summed E-state index contributed by atoms with van der Waals surface area (Å²) in [6.45, 7) is 1.76. The fourth-order valence-electron chi connectivity index (χ4n) is 2.00. The van der Waals surface area contributed by atoms with Gasteiger partial charge in [-0.3, -0.25) is 9.48 Å². The third-order valence-electron chi connectivity index (χ3n) is 3.08. The van der Waals surface area contributed by atoms with Crippen molar-refractivity contribution in [3.63, 3.8) is 0 Å². The van der Waals surface area contributed by atoms with Crippen molar-refractivity contribution in [1.82, 2.24) is 9.78 Å². The maximum Gasteiger partial charge on any atom is 0.418 e. The molecular weight excluding hydrogens is 327 g/mol. The molecule has 0 aliphatic rings. The second-order valence-electron chi connectivity index (χ2n) is 4.76. The summed E-state index contributed by atoms with van der Waals surface area (Å²) >= 11 is 0. The van der Waals surface area contributed by atoms with Gasteiger partial charge in [0.25, 0.3) is 5.91 Å². The van der Waals surface area contributed by atoms with Gasteiger partial charge in [0.15, 0.2) is 5.69 Å². The van der Waals surface area contributed by atoms with Crippen molar-refractivity contribution in [3.8, 4) is 0 Å². The molecule has 6 nitrogen and oxygen atoms in total. The minimum absolute atomic E-state index is 0.0195. The molecule has 0 atom stereocenters. The number of ether oxygens (including phenoxy) is 1. The van der Waals surface area contributed by atoms with Gasteiger partial charge in [0.05, 0.1) is 17.9 Å². The quantitative estimate of drug-likeness (QED) is 0.868. The van der Waals surface area contributed by atoms with Gasteiger partial charge < -0.3 is 10.1 Å². The van der Waals surface area contributed by atoms with E-state index in [0.717, 1.165) is 22.9 Å². The second kappa shape index (κ2) is 6.73. The first-order valence-electron chi connectivity index (χ1n) is 6.92. The predicted octanol–water partition coefficient (Wildman–Crippen LogP) is 2.87. The number of carbonyl (C=O) groups is 2. The highest BCUT2D eigenvalue weighted by atomic mass is 19.4. The number of hydrogen-bond donors (Lipinski definition) is 1. The third kappa shape index (κ3) is 3.73. The summed E-state index contributed by atoms with van der Waals surface area (Å²) in [6, 6.07) is 5.74. The maximum atomic E-state index is 12.9. The number of rotatable bonds is 4. The van der Waals surface area contributed by atoms with Crippen LogP contribution in [0.5, 0.6) is 0 Å². The Kier molecular flexibility index (Phi) is 4.91. The summed E-state index contributed by atoms with van der Waals surface area (Å²) in [4.78, 5) is 23.8. The molecule has 9 heteroatoms. The van der Waals surface area contributed by atoms with E-state index >= 15 is 0 Å². The van der Waals surface area contributed by atoms with E-state index in [1.807, 2.05) is 0 Å². The number of hydrogen-bond acceptors (Lipinski definition) is 4. The van der Waals surface area contributed by atoms with Crippen LogP contribution in [0, 0.1) is 0 Å². The molecule has 0 radical (unpaired) electrons. The monoisotopic (exact) mass is 341 g/mol. The Bertz CT molecular complexity index is 769. The van der Waals surface area contributed by atoms with Crippen molar-refractivity contribution < 1.29 is 27.5 Å². The van der Waals surface area contributed by atoms with Crippen molar-refractivity contribution in [1.29, 1.82) is 0 Å². The number of benzene rings is 1. The highest BCUT2D eigenvalue weighted by Gasteiger charge is 2.33. The van der Waals surface area contributed by atoms with Crippen LogP contribution in [0.1, 0.15) is 33.5 Å². The Morgan fingerprint density at radius 1 is 1.29 bits per heavy atom. The highest BCUT2D eigenvalue weighted by molar-refractivity contribution is 6.04. The first-order chi connectivity index (χ1) is 11.2. The van der Waals surface area contributed by atoms with Gasteiger partial charge in [-0.1, -0.05) is 12.1 Å². The molecule has 0 aliphatic heterocycles. The van der Waals surface area contributed by atoms with E-state index in [0.29, 0.717) is 0 Å². The van der Waals surface area contributed by atoms with E-state index in [1.165, 1.54) is 19.2 Å². The van der Waals surface area contributed by atoms with Crippen LogP contribution in [-0.2, 0) is 18.0 Å². The van der Waals surface area contributed by atoms with Gasteiger partial charge in [0.2, 0.25) is 0 Å². The van der Waals surface area contributed by atoms with Gasteiger partial charge in [-0.25, -0.2) is 4.79 Å². The van der Waals surface area contributed by atoms with Crippen molar-refractivity contribution in [2.24, 2.45) is 7.05 Å². The Morgan fingerprint density at radius 2 is 1.96 bits per heavy atom. The zero-order valence-corrected chi connectivity index (χ0v) is 12.8. The number of aryl methyl sites for hydroxylation is 1. The summed E-state index contributed by atoms with van der Waals surface area (Å²) in [7, 11) is 1.42. The second-order valence-corrected chi connectivity index (χ2v) is 4.76. The molecule has 0 saturated carbocycles. The van der Waals surface area contributed by atoms with Crippen molar-refractivity contribution in [2.75, 3.05) is 11.9 Å². The number of halogens is 3. The van der Waals surface area contributed by atoms with Crippen LogP contribution in [0.2, 0.25) is 0 Å². The van der Waals surface area contributed by atoms with E-state index in [9.17, 15) is 22.8 Å². The summed E-state index contributed by atoms with van der Waals surface area (Å²) in [5.41, 5.74) is -1.54. The lowest BCUT2D eigenvalue weighted by Crippen LogP contribution is -2.17. The summed E-state index contributed by atoms with van der Waals surface area (Å²) in [6.07, 6.45) is -4.61. The third-order valence-corrected chi connectivity index (χ3v) is 3.08. The van der Waals surface area contributed by atoms with Gasteiger partial charge in [0.1, 0.15) is 5.69 Å². The first-order valence-corrected chi connectivity index (χ1v) is 6.92. The smallest absolute Gasteiger partial charge is 0.418 e. The average Bonchev–Trinajstić information content (AvgIpc) is 2.89. The number of aromatic nitrogens is 2. The van der Waals surface area contributed by atoms with Crippen LogP contribution < -0.4 is 5.32 Å². The number of para-hydroxylation sites is 1. The van der Waals surface area contributed by atoms with Crippen LogP contribution in [-0.4, -0.2) is 28.3 Å². The zero-order chi connectivity index (χ0) is 17.9. The van der Waals surface area contributed by atoms with Gasteiger partial charge in [-0.15, -0.1) is 0 Å². The number of nitrogens with zero attached hydrogens (tertiary/aromatic N) is 2. The molecule has 1 aromatic carbocycles. The zero-order valence-electron chi connectivity index (χ0n) is 12.8. The predicted molar refractivity (Wildman–Crippen MR) is 78.6 cm³/mol. The fourth-order valence-corrected chi connectivity index (χ4v) is 2.00. The molecular formula is C15H14F3N3O3. The van der Waals surface area contributed by atoms with E-state index in [-0.39, 0.29) is 18.0 Å². The summed E-state index contributed by atoms with van der Waals surface area (Å²) in [5.74, 6) is -1.54. The van der Waals surface area contributed by atoms with E-state index in [2.05, 4.69) is 10.4 Å². The first kappa shape index (κ1) is 17.5. The summed E-state index contributed by atoms with van der Waals surface area (Å²) < 4.78 is 44.7. The topological polar surface area (TPSA) is 73.2 Å². The number of alkyl halides is 3. The molecule has 24 heavy (non-hydrogen) atoms. The Labute approximate surface area is 135 Å². The number of esters is 1. The Hall–Kier alpha value is -2.84. The molecule has 1 heterocycles. The van der Waals surface area contributed by atoms with Crippen LogP contribution in [0.3, 0.4) is 0 Å². The number of nitrogens with one attached hydrogen (secondary N) is 1. The molecule has 0 aliphatic carbocycles. The highest BCUT2D eigenvalue weighted by Crippen LogP contribution is 2.34. The molecule has 0 saturated heterocycles.